The van der Waals surface area contributed by atoms with Gasteiger partial charge in [0, 0.05) is 28.3 Å². The summed E-state index contributed by atoms with van der Waals surface area (Å²) >= 11 is 1.17. The van der Waals surface area contributed by atoms with Crippen molar-refractivity contribution in [1.82, 2.24) is 0 Å². The summed E-state index contributed by atoms with van der Waals surface area (Å²) in [4.78, 5) is 12.8. The summed E-state index contributed by atoms with van der Waals surface area (Å²) in [5.41, 5.74) is 1.56. The Hall–Kier alpha value is -2.75. The van der Waals surface area contributed by atoms with Crippen LogP contribution in [-0.2, 0) is 22.7 Å². The fourth-order valence-electron chi connectivity index (χ4n) is 2.58. The van der Waals surface area contributed by atoms with Crippen LogP contribution in [0.5, 0.6) is 0 Å². The first-order valence-electron chi connectivity index (χ1n) is 7.49. The lowest BCUT2D eigenvalue weighted by molar-refractivity contribution is 0.0474. The van der Waals surface area contributed by atoms with Crippen molar-refractivity contribution in [3.8, 4) is 6.07 Å². The van der Waals surface area contributed by atoms with Crippen LogP contribution in [0.25, 0.3) is 10.1 Å². The van der Waals surface area contributed by atoms with E-state index in [0.29, 0.717) is 31.7 Å². The van der Waals surface area contributed by atoms with E-state index in [1.807, 2.05) is 0 Å². The quantitative estimate of drug-likeness (QED) is 0.636. The van der Waals surface area contributed by atoms with Crippen LogP contribution in [0, 0.1) is 17.1 Å². The fourth-order valence-corrected chi connectivity index (χ4v) is 3.69. The molecule has 0 bridgehead atoms. The molecule has 126 valence electrons. The first kappa shape index (κ1) is 17.1. The third-order valence-electron chi connectivity index (χ3n) is 3.73. The van der Waals surface area contributed by atoms with Crippen molar-refractivity contribution < 1.29 is 18.7 Å². The summed E-state index contributed by atoms with van der Waals surface area (Å²) in [7, 11) is 1.49. The SMILES string of the molecule is COCc1c(C(=O)OCc2ccccc2C#N)sc2cccc(F)c12. The van der Waals surface area contributed by atoms with Crippen LogP contribution < -0.4 is 0 Å². The number of carbonyl (C=O) groups is 1. The average molecular weight is 355 g/mol. The van der Waals surface area contributed by atoms with Gasteiger partial charge in [-0.05, 0) is 18.2 Å². The summed E-state index contributed by atoms with van der Waals surface area (Å²) in [5.74, 6) is -0.949. The molecular weight excluding hydrogens is 341 g/mol. The first-order chi connectivity index (χ1) is 12.2. The molecule has 1 aromatic heterocycles. The highest BCUT2D eigenvalue weighted by Crippen LogP contribution is 2.34. The molecule has 3 rings (SSSR count). The van der Waals surface area contributed by atoms with Crippen molar-refractivity contribution in [1.29, 1.82) is 5.26 Å². The molecule has 1 heterocycles. The van der Waals surface area contributed by atoms with Gasteiger partial charge in [-0.2, -0.15) is 5.26 Å². The lowest BCUT2D eigenvalue weighted by atomic mass is 10.1. The number of nitriles is 1. The summed E-state index contributed by atoms with van der Waals surface area (Å²) in [5, 5.41) is 9.48. The molecule has 0 radical (unpaired) electrons. The highest BCUT2D eigenvalue weighted by molar-refractivity contribution is 7.21. The van der Waals surface area contributed by atoms with Crippen LogP contribution in [0.1, 0.15) is 26.4 Å². The van der Waals surface area contributed by atoms with Gasteiger partial charge in [0.05, 0.1) is 18.2 Å². The summed E-state index contributed by atoms with van der Waals surface area (Å²) in [6.07, 6.45) is 0. The summed E-state index contributed by atoms with van der Waals surface area (Å²) in [6, 6.07) is 13.7. The minimum absolute atomic E-state index is 0.0221. The highest BCUT2D eigenvalue weighted by Gasteiger charge is 2.22. The molecule has 0 aliphatic rings. The van der Waals surface area contributed by atoms with Crippen LogP contribution in [0.2, 0.25) is 0 Å². The zero-order chi connectivity index (χ0) is 17.8. The van der Waals surface area contributed by atoms with E-state index in [2.05, 4.69) is 6.07 Å². The number of ether oxygens (including phenoxy) is 2. The van der Waals surface area contributed by atoms with E-state index in [4.69, 9.17) is 14.7 Å². The molecule has 2 aromatic carbocycles. The smallest absolute Gasteiger partial charge is 0.349 e. The van der Waals surface area contributed by atoms with E-state index in [9.17, 15) is 9.18 Å². The summed E-state index contributed by atoms with van der Waals surface area (Å²) < 4.78 is 25.3. The average Bonchev–Trinajstić information content (AvgIpc) is 3.00. The number of nitrogens with zero attached hydrogens (tertiary/aromatic N) is 1. The van der Waals surface area contributed by atoms with Gasteiger partial charge < -0.3 is 9.47 Å². The number of carbonyl (C=O) groups excluding carboxylic acids is 1. The molecule has 0 unspecified atom stereocenters. The Morgan fingerprint density at radius 1 is 1.20 bits per heavy atom. The van der Waals surface area contributed by atoms with Crippen molar-refractivity contribution in [3.63, 3.8) is 0 Å². The van der Waals surface area contributed by atoms with Gasteiger partial charge in [-0.3, -0.25) is 0 Å². The Balaban J connectivity index is 1.91. The maximum atomic E-state index is 14.2. The van der Waals surface area contributed by atoms with Crippen molar-refractivity contribution in [2.75, 3.05) is 7.11 Å². The van der Waals surface area contributed by atoms with Gasteiger partial charge >= 0.3 is 5.97 Å². The lowest BCUT2D eigenvalue weighted by Crippen LogP contribution is -2.07. The molecule has 0 aliphatic heterocycles. The van der Waals surface area contributed by atoms with Crippen LogP contribution in [0.3, 0.4) is 0 Å². The lowest BCUT2D eigenvalue weighted by Gasteiger charge is -2.07. The molecule has 0 fully saturated rings. The maximum Gasteiger partial charge on any atom is 0.349 e. The largest absolute Gasteiger partial charge is 0.457 e. The minimum Gasteiger partial charge on any atom is -0.457 e. The minimum atomic E-state index is -0.555. The number of benzene rings is 2. The number of hydrogen-bond acceptors (Lipinski definition) is 5. The molecule has 4 nitrogen and oxygen atoms in total. The van der Waals surface area contributed by atoms with Crippen molar-refractivity contribution in [3.05, 3.63) is 69.8 Å². The third-order valence-corrected chi connectivity index (χ3v) is 4.91. The molecule has 0 spiro atoms. The predicted octanol–water partition coefficient (Wildman–Crippen LogP) is 4.42. The van der Waals surface area contributed by atoms with E-state index >= 15 is 0 Å². The number of fused-ring (bicyclic) bond motifs is 1. The van der Waals surface area contributed by atoms with Gasteiger partial charge in [-0.25, -0.2) is 9.18 Å². The molecule has 0 amide bonds. The Morgan fingerprint density at radius 2 is 2.00 bits per heavy atom. The zero-order valence-corrected chi connectivity index (χ0v) is 14.2. The van der Waals surface area contributed by atoms with Gasteiger partial charge in [0.15, 0.2) is 0 Å². The Labute approximate surface area is 148 Å². The molecule has 0 saturated heterocycles. The molecule has 0 saturated carbocycles. The molecule has 0 aliphatic carbocycles. The number of esters is 1. The standard InChI is InChI=1S/C19H14FNO3S/c1-23-11-14-17-15(20)7-4-8-16(17)25-18(14)19(22)24-10-13-6-3-2-5-12(13)9-21/h2-8H,10-11H2,1H3. The number of rotatable bonds is 5. The number of methoxy groups -OCH3 is 1. The predicted molar refractivity (Wildman–Crippen MR) is 92.8 cm³/mol. The van der Waals surface area contributed by atoms with Crippen LogP contribution in [0.4, 0.5) is 4.39 Å². The molecule has 0 atom stereocenters. The normalized spacial score (nSPS) is 10.6. The third kappa shape index (κ3) is 3.38. The van der Waals surface area contributed by atoms with E-state index in [0.717, 1.165) is 0 Å². The summed E-state index contributed by atoms with van der Waals surface area (Å²) in [6.45, 7) is 0.0892. The van der Waals surface area contributed by atoms with E-state index in [-0.39, 0.29) is 13.2 Å². The molecule has 25 heavy (non-hydrogen) atoms. The second-order valence-corrected chi connectivity index (χ2v) is 6.35. The van der Waals surface area contributed by atoms with Gasteiger partial charge in [-0.15, -0.1) is 11.3 Å². The fraction of sp³-hybridized carbons (Fsp3) is 0.158. The second kappa shape index (κ2) is 7.43. The second-order valence-electron chi connectivity index (χ2n) is 5.30. The first-order valence-corrected chi connectivity index (χ1v) is 8.31. The zero-order valence-electron chi connectivity index (χ0n) is 13.4. The maximum absolute atomic E-state index is 14.2. The van der Waals surface area contributed by atoms with Gasteiger partial charge in [0.1, 0.15) is 17.3 Å². The highest BCUT2D eigenvalue weighted by atomic mass is 32.1. The topological polar surface area (TPSA) is 59.3 Å². The Kier molecular flexibility index (Phi) is 5.08. The van der Waals surface area contributed by atoms with Crippen molar-refractivity contribution >= 4 is 27.4 Å². The monoisotopic (exact) mass is 355 g/mol. The Morgan fingerprint density at radius 3 is 2.76 bits per heavy atom. The number of thiophene rings is 1. The van der Waals surface area contributed by atoms with Crippen LogP contribution in [0.15, 0.2) is 42.5 Å². The number of hydrogen-bond donors (Lipinski definition) is 0. The van der Waals surface area contributed by atoms with Crippen LogP contribution >= 0.6 is 11.3 Å². The molecule has 6 heteroatoms. The van der Waals surface area contributed by atoms with Crippen LogP contribution in [-0.4, -0.2) is 13.1 Å². The van der Waals surface area contributed by atoms with Gasteiger partial charge in [-0.1, -0.05) is 24.3 Å². The molecule has 0 N–H and O–H groups in total. The van der Waals surface area contributed by atoms with E-state index in [1.165, 1.54) is 24.5 Å². The number of halogens is 1. The van der Waals surface area contributed by atoms with Crippen molar-refractivity contribution in [2.24, 2.45) is 0 Å². The van der Waals surface area contributed by atoms with Crippen molar-refractivity contribution in [2.45, 2.75) is 13.2 Å². The Bertz CT molecular complexity index is 974. The van der Waals surface area contributed by atoms with E-state index < -0.39 is 11.8 Å². The molecule has 3 aromatic rings. The molecular formula is C19H14FNO3S. The van der Waals surface area contributed by atoms with E-state index in [1.54, 1.807) is 36.4 Å². The van der Waals surface area contributed by atoms with Gasteiger partial charge in [0.2, 0.25) is 0 Å². The van der Waals surface area contributed by atoms with Gasteiger partial charge in [0.25, 0.3) is 0 Å².